The first kappa shape index (κ1) is 16.7. The second-order valence-corrected chi connectivity index (χ2v) is 6.97. The fourth-order valence-electron chi connectivity index (χ4n) is 3.86. The van der Waals surface area contributed by atoms with Crippen molar-refractivity contribution >= 4 is 5.97 Å². The lowest BCUT2D eigenvalue weighted by molar-refractivity contribution is 0.0695. The van der Waals surface area contributed by atoms with Crippen LogP contribution in [0.3, 0.4) is 0 Å². The van der Waals surface area contributed by atoms with Gasteiger partial charge in [-0.25, -0.2) is 9.18 Å². The van der Waals surface area contributed by atoms with Gasteiger partial charge < -0.3 is 9.67 Å². The number of benzene rings is 1. The van der Waals surface area contributed by atoms with Crippen molar-refractivity contribution in [2.45, 2.75) is 57.9 Å². The quantitative estimate of drug-likeness (QED) is 0.791. The molecule has 128 valence electrons. The molecule has 0 bridgehead atoms. The van der Waals surface area contributed by atoms with E-state index in [1.165, 1.54) is 31.4 Å². The molecule has 1 saturated carbocycles. The normalized spacial score (nSPS) is 15.8. The SMILES string of the molecule is CC(C)c1c(C(=O)O)c(-c2ccc(F)cc2)cn1C1CCCCC1. The molecule has 24 heavy (non-hydrogen) atoms. The maximum atomic E-state index is 13.2. The lowest BCUT2D eigenvalue weighted by atomic mass is 9.94. The van der Waals surface area contributed by atoms with Crippen molar-refractivity contribution in [1.82, 2.24) is 4.57 Å². The highest BCUT2D eigenvalue weighted by Crippen LogP contribution is 2.38. The molecule has 1 aromatic carbocycles. The van der Waals surface area contributed by atoms with E-state index in [1.807, 2.05) is 20.0 Å². The minimum absolute atomic E-state index is 0.118. The lowest BCUT2D eigenvalue weighted by Crippen LogP contribution is -2.16. The van der Waals surface area contributed by atoms with Gasteiger partial charge in [-0.1, -0.05) is 45.2 Å². The van der Waals surface area contributed by atoms with Crippen LogP contribution in [-0.2, 0) is 0 Å². The molecule has 3 nitrogen and oxygen atoms in total. The summed E-state index contributed by atoms with van der Waals surface area (Å²) in [6.45, 7) is 4.07. The molecule has 0 spiro atoms. The Hall–Kier alpha value is -2.10. The predicted octanol–water partition coefficient (Wildman–Crippen LogP) is 5.62. The van der Waals surface area contributed by atoms with Gasteiger partial charge in [-0.05, 0) is 36.5 Å². The smallest absolute Gasteiger partial charge is 0.338 e. The van der Waals surface area contributed by atoms with Crippen LogP contribution in [0.25, 0.3) is 11.1 Å². The number of aromatic nitrogens is 1. The first-order valence-electron chi connectivity index (χ1n) is 8.73. The molecule has 0 unspecified atom stereocenters. The maximum absolute atomic E-state index is 13.2. The van der Waals surface area contributed by atoms with Crippen LogP contribution in [0.4, 0.5) is 4.39 Å². The average molecular weight is 329 g/mol. The average Bonchev–Trinajstić information content (AvgIpc) is 2.97. The van der Waals surface area contributed by atoms with Gasteiger partial charge >= 0.3 is 5.97 Å². The summed E-state index contributed by atoms with van der Waals surface area (Å²) in [6.07, 6.45) is 7.80. The molecule has 2 aromatic rings. The molecular formula is C20H24FNO2. The topological polar surface area (TPSA) is 42.2 Å². The van der Waals surface area contributed by atoms with Crippen LogP contribution in [0.2, 0.25) is 0 Å². The van der Waals surface area contributed by atoms with Crippen molar-refractivity contribution in [3.05, 3.63) is 47.5 Å². The van der Waals surface area contributed by atoms with Gasteiger partial charge in [-0.2, -0.15) is 0 Å². The van der Waals surface area contributed by atoms with Gasteiger partial charge in [0.2, 0.25) is 0 Å². The molecule has 3 rings (SSSR count). The molecule has 0 aliphatic heterocycles. The molecular weight excluding hydrogens is 305 g/mol. The summed E-state index contributed by atoms with van der Waals surface area (Å²) >= 11 is 0. The first-order chi connectivity index (χ1) is 11.5. The summed E-state index contributed by atoms with van der Waals surface area (Å²) < 4.78 is 15.4. The fourth-order valence-corrected chi connectivity index (χ4v) is 3.86. The number of rotatable bonds is 4. The number of aromatic carboxylic acids is 1. The highest BCUT2D eigenvalue weighted by molar-refractivity contribution is 5.97. The summed E-state index contributed by atoms with van der Waals surface area (Å²) in [5, 5.41) is 9.84. The third kappa shape index (κ3) is 3.10. The second kappa shape index (κ2) is 6.80. The summed E-state index contributed by atoms with van der Waals surface area (Å²) in [6, 6.07) is 6.45. The van der Waals surface area contributed by atoms with E-state index in [-0.39, 0.29) is 11.7 Å². The van der Waals surface area contributed by atoms with Crippen LogP contribution in [0.15, 0.2) is 30.5 Å². The number of carbonyl (C=O) groups is 1. The molecule has 1 heterocycles. The predicted molar refractivity (Wildman–Crippen MR) is 93.0 cm³/mol. The van der Waals surface area contributed by atoms with Gasteiger partial charge in [-0.15, -0.1) is 0 Å². The molecule has 0 saturated heterocycles. The highest BCUT2D eigenvalue weighted by atomic mass is 19.1. The molecule has 1 aliphatic carbocycles. The fraction of sp³-hybridized carbons (Fsp3) is 0.450. The number of nitrogens with zero attached hydrogens (tertiary/aromatic N) is 1. The Morgan fingerprint density at radius 2 is 1.79 bits per heavy atom. The first-order valence-corrected chi connectivity index (χ1v) is 8.73. The Morgan fingerprint density at radius 3 is 2.33 bits per heavy atom. The second-order valence-electron chi connectivity index (χ2n) is 6.97. The van der Waals surface area contributed by atoms with Gasteiger partial charge in [0.15, 0.2) is 0 Å². The largest absolute Gasteiger partial charge is 0.478 e. The minimum Gasteiger partial charge on any atom is -0.478 e. The van der Waals surface area contributed by atoms with Gasteiger partial charge in [0, 0.05) is 23.5 Å². The van der Waals surface area contributed by atoms with E-state index in [0.29, 0.717) is 17.2 Å². The maximum Gasteiger partial charge on any atom is 0.338 e. The van der Waals surface area contributed by atoms with Crippen molar-refractivity contribution in [2.75, 3.05) is 0 Å². The molecule has 1 aromatic heterocycles. The zero-order chi connectivity index (χ0) is 17.3. The van der Waals surface area contributed by atoms with E-state index < -0.39 is 5.97 Å². The Bertz CT molecular complexity index is 725. The monoisotopic (exact) mass is 329 g/mol. The van der Waals surface area contributed by atoms with Crippen LogP contribution in [0.5, 0.6) is 0 Å². The Balaban J connectivity index is 2.17. The van der Waals surface area contributed by atoms with Crippen molar-refractivity contribution in [3.8, 4) is 11.1 Å². The summed E-state index contributed by atoms with van der Waals surface area (Å²) in [7, 11) is 0. The Morgan fingerprint density at radius 1 is 1.17 bits per heavy atom. The summed E-state index contributed by atoms with van der Waals surface area (Å²) in [4.78, 5) is 12.0. The van der Waals surface area contributed by atoms with E-state index in [2.05, 4.69) is 4.57 Å². The molecule has 0 radical (unpaired) electrons. The molecule has 0 amide bonds. The van der Waals surface area contributed by atoms with Crippen molar-refractivity contribution < 1.29 is 14.3 Å². The van der Waals surface area contributed by atoms with Crippen molar-refractivity contribution in [3.63, 3.8) is 0 Å². The van der Waals surface area contributed by atoms with Crippen LogP contribution >= 0.6 is 0 Å². The van der Waals surface area contributed by atoms with Crippen LogP contribution < -0.4 is 0 Å². The number of carboxylic acids is 1. The van der Waals surface area contributed by atoms with E-state index in [9.17, 15) is 14.3 Å². The van der Waals surface area contributed by atoms with Gasteiger partial charge in [0.05, 0.1) is 5.56 Å². The molecule has 1 N–H and O–H groups in total. The third-order valence-electron chi connectivity index (χ3n) is 4.96. The van der Waals surface area contributed by atoms with Crippen LogP contribution in [0, 0.1) is 5.82 Å². The van der Waals surface area contributed by atoms with E-state index in [0.717, 1.165) is 24.1 Å². The van der Waals surface area contributed by atoms with Crippen molar-refractivity contribution in [1.29, 1.82) is 0 Å². The Labute approximate surface area is 142 Å². The molecule has 1 aliphatic rings. The van der Waals surface area contributed by atoms with Gasteiger partial charge in [0.25, 0.3) is 0 Å². The van der Waals surface area contributed by atoms with Crippen LogP contribution in [-0.4, -0.2) is 15.6 Å². The van der Waals surface area contributed by atoms with E-state index >= 15 is 0 Å². The molecule has 1 fully saturated rings. The standard InChI is InChI=1S/C20H24FNO2/c1-13(2)19-18(20(23)24)17(14-8-10-15(21)11-9-14)12-22(19)16-6-4-3-5-7-16/h8-13,16H,3-7H2,1-2H3,(H,23,24). The molecule has 4 heteroatoms. The minimum atomic E-state index is -0.910. The summed E-state index contributed by atoms with van der Waals surface area (Å²) in [5.74, 6) is -1.11. The number of halogens is 1. The summed E-state index contributed by atoms with van der Waals surface area (Å²) in [5.41, 5.74) is 2.69. The molecule has 0 atom stereocenters. The lowest BCUT2D eigenvalue weighted by Gasteiger charge is -2.26. The third-order valence-corrected chi connectivity index (χ3v) is 4.96. The van der Waals surface area contributed by atoms with Gasteiger partial charge in [0.1, 0.15) is 5.82 Å². The van der Waals surface area contributed by atoms with E-state index in [1.54, 1.807) is 12.1 Å². The van der Waals surface area contributed by atoms with Crippen molar-refractivity contribution in [2.24, 2.45) is 0 Å². The van der Waals surface area contributed by atoms with E-state index in [4.69, 9.17) is 0 Å². The number of hydrogen-bond acceptors (Lipinski definition) is 1. The zero-order valence-corrected chi connectivity index (χ0v) is 14.3. The Kier molecular flexibility index (Phi) is 4.74. The van der Waals surface area contributed by atoms with Crippen LogP contribution in [0.1, 0.15) is 74.0 Å². The van der Waals surface area contributed by atoms with Gasteiger partial charge in [-0.3, -0.25) is 0 Å². The highest BCUT2D eigenvalue weighted by Gasteiger charge is 2.28. The number of hydrogen-bond donors (Lipinski definition) is 1. The number of carboxylic acid groups (broad SMARTS) is 1. The zero-order valence-electron chi connectivity index (χ0n) is 14.3.